The largest absolute Gasteiger partial charge is 0.313 e. The molecule has 1 fully saturated rings. The molecular formula is C14H26N4O2S. The maximum Gasteiger partial charge on any atom is 0.263 e. The fourth-order valence-electron chi connectivity index (χ4n) is 3.07. The molecule has 120 valence electrons. The van der Waals surface area contributed by atoms with E-state index >= 15 is 0 Å². The zero-order chi connectivity index (χ0) is 15.6. The second-order valence-corrected chi connectivity index (χ2v) is 7.49. The summed E-state index contributed by atoms with van der Waals surface area (Å²) in [6.07, 6.45) is 2.70. The number of aryl methyl sites for hydroxylation is 1. The summed E-state index contributed by atoms with van der Waals surface area (Å²) in [6.45, 7) is 9.20. The topological polar surface area (TPSA) is 78.1 Å². The Balaban J connectivity index is 2.40. The zero-order valence-corrected chi connectivity index (χ0v) is 14.1. The highest BCUT2D eigenvalue weighted by Gasteiger charge is 2.41. The van der Waals surface area contributed by atoms with Crippen LogP contribution in [0.1, 0.15) is 51.3 Å². The monoisotopic (exact) mass is 314 g/mol. The Bertz CT molecular complexity index is 582. The van der Waals surface area contributed by atoms with Crippen LogP contribution in [0.5, 0.6) is 0 Å². The number of hydrogen-bond donors (Lipinski definition) is 2. The van der Waals surface area contributed by atoms with E-state index in [0.717, 1.165) is 37.1 Å². The van der Waals surface area contributed by atoms with Gasteiger partial charge in [-0.15, -0.1) is 0 Å². The average Bonchev–Trinajstić information content (AvgIpc) is 3.00. The molecule has 2 unspecified atom stereocenters. The smallest absolute Gasteiger partial charge is 0.263 e. The third kappa shape index (κ3) is 3.00. The molecule has 0 radical (unpaired) electrons. The van der Waals surface area contributed by atoms with Crippen LogP contribution in [-0.4, -0.2) is 41.5 Å². The van der Waals surface area contributed by atoms with E-state index in [0.29, 0.717) is 6.54 Å². The minimum Gasteiger partial charge on any atom is -0.313 e. The minimum absolute atomic E-state index is 0.0453. The maximum absolute atomic E-state index is 13.0. The van der Waals surface area contributed by atoms with Gasteiger partial charge in [0.25, 0.3) is 10.0 Å². The number of aromatic amines is 1. The summed E-state index contributed by atoms with van der Waals surface area (Å²) in [5.74, 6) is 0. The molecule has 2 atom stereocenters. The molecule has 7 heteroatoms. The molecule has 2 rings (SSSR count). The van der Waals surface area contributed by atoms with Gasteiger partial charge in [-0.3, -0.25) is 5.10 Å². The SMILES string of the molecule is CCNCc1c(S(=O)(=O)N2C(C)CCC2CC)n[nH]c1C. The molecule has 21 heavy (non-hydrogen) atoms. The molecule has 0 saturated carbocycles. The lowest BCUT2D eigenvalue weighted by Crippen LogP contribution is -2.40. The molecule has 0 aromatic carbocycles. The van der Waals surface area contributed by atoms with Gasteiger partial charge in [-0.2, -0.15) is 9.40 Å². The first-order chi connectivity index (χ1) is 9.93. The Morgan fingerprint density at radius 1 is 1.38 bits per heavy atom. The van der Waals surface area contributed by atoms with E-state index in [-0.39, 0.29) is 17.1 Å². The van der Waals surface area contributed by atoms with Crippen molar-refractivity contribution in [3.8, 4) is 0 Å². The Hall–Kier alpha value is -0.920. The van der Waals surface area contributed by atoms with Crippen LogP contribution in [0.4, 0.5) is 0 Å². The van der Waals surface area contributed by atoms with Crippen LogP contribution in [0.3, 0.4) is 0 Å². The first-order valence-corrected chi connectivity index (χ1v) is 9.15. The van der Waals surface area contributed by atoms with E-state index in [2.05, 4.69) is 15.5 Å². The number of H-pyrrole nitrogens is 1. The van der Waals surface area contributed by atoms with Gasteiger partial charge in [0.05, 0.1) is 0 Å². The van der Waals surface area contributed by atoms with Crippen molar-refractivity contribution in [2.45, 2.75) is 70.6 Å². The molecule has 1 aromatic rings. The lowest BCUT2D eigenvalue weighted by molar-refractivity contribution is 0.327. The van der Waals surface area contributed by atoms with Gasteiger partial charge >= 0.3 is 0 Å². The van der Waals surface area contributed by atoms with Crippen LogP contribution in [0.25, 0.3) is 0 Å². The van der Waals surface area contributed by atoms with Crippen molar-refractivity contribution in [1.29, 1.82) is 0 Å². The van der Waals surface area contributed by atoms with Crippen molar-refractivity contribution < 1.29 is 8.42 Å². The van der Waals surface area contributed by atoms with Crippen molar-refractivity contribution >= 4 is 10.0 Å². The number of sulfonamides is 1. The third-order valence-corrected chi connectivity index (χ3v) is 6.33. The zero-order valence-electron chi connectivity index (χ0n) is 13.3. The van der Waals surface area contributed by atoms with Gasteiger partial charge in [-0.05, 0) is 39.7 Å². The molecular weight excluding hydrogens is 288 g/mol. The van der Waals surface area contributed by atoms with Crippen LogP contribution in [0, 0.1) is 6.92 Å². The van der Waals surface area contributed by atoms with Crippen molar-refractivity contribution in [1.82, 2.24) is 19.8 Å². The molecule has 1 aliphatic rings. The highest BCUT2D eigenvalue weighted by Crippen LogP contribution is 2.33. The molecule has 0 amide bonds. The molecule has 2 heterocycles. The second-order valence-electron chi connectivity index (χ2n) is 5.74. The molecule has 0 bridgehead atoms. The van der Waals surface area contributed by atoms with Crippen LogP contribution in [0.2, 0.25) is 0 Å². The minimum atomic E-state index is -3.54. The predicted octanol–water partition coefficient (Wildman–Crippen LogP) is 1.78. The lowest BCUT2D eigenvalue weighted by atomic mass is 10.2. The van der Waals surface area contributed by atoms with Gasteiger partial charge in [0.1, 0.15) is 0 Å². The van der Waals surface area contributed by atoms with Gasteiger partial charge in [-0.25, -0.2) is 8.42 Å². The molecule has 1 saturated heterocycles. The Kier molecular flexibility index (Phi) is 5.06. The summed E-state index contributed by atoms with van der Waals surface area (Å²) >= 11 is 0. The lowest BCUT2D eigenvalue weighted by Gasteiger charge is -2.26. The van der Waals surface area contributed by atoms with Gasteiger partial charge in [0, 0.05) is 29.9 Å². The van der Waals surface area contributed by atoms with Gasteiger partial charge in [0.2, 0.25) is 0 Å². The standard InChI is InChI=1S/C14H26N4O2S/c1-5-12-8-7-10(3)18(12)21(19,20)14-13(9-15-6-2)11(4)16-17-14/h10,12,15H,5-9H2,1-4H3,(H,16,17). The summed E-state index contributed by atoms with van der Waals surface area (Å²) in [5.41, 5.74) is 1.57. The van der Waals surface area contributed by atoms with E-state index in [9.17, 15) is 8.42 Å². The van der Waals surface area contributed by atoms with Crippen LogP contribution in [0.15, 0.2) is 5.03 Å². The Morgan fingerprint density at radius 2 is 2.10 bits per heavy atom. The predicted molar refractivity (Wildman–Crippen MR) is 82.5 cm³/mol. The normalized spacial score (nSPS) is 23.8. The van der Waals surface area contributed by atoms with Gasteiger partial charge in [-0.1, -0.05) is 13.8 Å². The number of nitrogens with one attached hydrogen (secondary N) is 2. The second kappa shape index (κ2) is 6.46. The quantitative estimate of drug-likeness (QED) is 0.839. The first-order valence-electron chi connectivity index (χ1n) is 7.71. The van der Waals surface area contributed by atoms with Gasteiger partial charge < -0.3 is 5.32 Å². The molecule has 1 aliphatic heterocycles. The van der Waals surface area contributed by atoms with Crippen molar-refractivity contribution in [2.24, 2.45) is 0 Å². The molecule has 0 aliphatic carbocycles. The fraction of sp³-hybridized carbons (Fsp3) is 0.786. The van der Waals surface area contributed by atoms with Crippen LogP contribution >= 0.6 is 0 Å². The van der Waals surface area contributed by atoms with Crippen molar-refractivity contribution in [3.05, 3.63) is 11.3 Å². The Morgan fingerprint density at radius 3 is 2.71 bits per heavy atom. The van der Waals surface area contributed by atoms with Gasteiger partial charge in [0.15, 0.2) is 5.03 Å². The average molecular weight is 314 g/mol. The third-order valence-electron chi connectivity index (χ3n) is 4.29. The maximum atomic E-state index is 13.0. The molecule has 1 aromatic heterocycles. The number of hydrogen-bond acceptors (Lipinski definition) is 4. The summed E-state index contributed by atoms with van der Waals surface area (Å²) in [5, 5.41) is 10.3. The van der Waals surface area contributed by atoms with E-state index in [4.69, 9.17) is 0 Å². The van der Waals surface area contributed by atoms with E-state index in [1.165, 1.54) is 0 Å². The Labute approximate surface area is 127 Å². The van der Waals surface area contributed by atoms with Crippen molar-refractivity contribution in [3.63, 3.8) is 0 Å². The van der Waals surface area contributed by atoms with Crippen molar-refractivity contribution in [2.75, 3.05) is 6.54 Å². The highest BCUT2D eigenvalue weighted by atomic mass is 32.2. The first kappa shape index (κ1) is 16.5. The van der Waals surface area contributed by atoms with Crippen LogP contribution < -0.4 is 5.32 Å². The van der Waals surface area contributed by atoms with Crippen LogP contribution in [-0.2, 0) is 16.6 Å². The number of nitrogens with zero attached hydrogens (tertiary/aromatic N) is 2. The molecule has 0 spiro atoms. The molecule has 6 nitrogen and oxygen atoms in total. The fourth-order valence-corrected chi connectivity index (χ4v) is 5.19. The number of aromatic nitrogens is 2. The number of rotatable bonds is 6. The summed E-state index contributed by atoms with van der Waals surface area (Å²) in [6, 6.07) is 0.137. The summed E-state index contributed by atoms with van der Waals surface area (Å²) in [7, 11) is -3.54. The summed E-state index contributed by atoms with van der Waals surface area (Å²) in [4.78, 5) is 0. The van der Waals surface area contributed by atoms with E-state index < -0.39 is 10.0 Å². The van der Waals surface area contributed by atoms with E-state index in [1.54, 1.807) is 4.31 Å². The molecule has 2 N–H and O–H groups in total. The van der Waals surface area contributed by atoms with E-state index in [1.807, 2.05) is 27.7 Å². The summed E-state index contributed by atoms with van der Waals surface area (Å²) < 4.78 is 27.7. The highest BCUT2D eigenvalue weighted by molar-refractivity contribution is 7.89.